The third-order valence-electron chi connectivity index (χ3n) is 4.76. The number of hydrogen-bond acceptors (Lipinski definition) is 4. The SMILES string of the molecule is CC1(c2ccccc2CC(=O)O)CCC(C(O)CO)CC1=O. The van der Waals surface area contributed by atoms with Gasteiger partial charge < -0.3 is 15.3 Å². The molecule has 5 nitrogen and oxygen atoms in total. The molecule has 1 aromatic carbocycles. The van der Waals surface area contributed by atoms with Gasteiger partial charge in [-0.05, 0) is 36.8 Å². The molecular formula is C17H22O5. The van der Waals surface area contributed by atoms with Crippen LogP contribution in [0.15, 0.2) is 24.3 Å². The van der Waals surface area contributed by atoms with E-state index in [1.54, 1.807) is 12.1 Å². The number of carboxylic acids is 1. The summed E-state index contributed by atoms with van der Waals surface area (Å²) in [7, 11) is 0. The molecule has 1 saturated carbocycles. The summed E-state index contributed by atoms with van der Waals surface area (Å²) in [5, 5.41) is 27.8. The fourth-order valence-corrected chi connectivity index (χ4v) is 3.32. The first-order valence-corrected chi connectivity index (χ1v) is 7.51. The number of rotatable bonds is 5. The van der Waals surface area contributed by atoms with Gasteiger partial charge in [-0.2, -0.15) is 0 Å². The van der Waals surface area contributed by atoms with Crippen LogP contribution >= 0.6 is 0 Å². The Hall–Kier alpha value is -1.72. The van der Waals surface area contributed by atoms with Crippen molar-refractivity contribution in [3.05, 3.63) is 35.4 Å². The van der Waals surface area contributed by atoms with E-state index in [4.69, 9.17) is 10.2 Å². The van der Waals surface area contributed by atoms with E-state index >= 15 is 0 Å². The van der Waals surface area contributed by atoms with E-state index in [1.807, 2.05) is 19.1 Å². The highest BCUT2D eigenvalue weighted by molar-refractivity contribution is 5.91. The van der Waals surface area contributed by atoms with Crippen LogP contribution in [0.25, 0.3) is 0 Å². The second-order valence-electron chi connectivity index (χ2n) is 6.24. The highest BCUT2D eigenvalue weighted by atomic mass is 16.4. The smallest absolute Gasteiger partial charge is 0.307 e. The summed E-state index contributed by atoms with van der Waals surface area (Å²) in [4.78, 5) is 23.7. The van der Waals surface area contributed by atoms with Crippen LogP contribution in [-0.2, 0) is 21.4 Å². The Bertz CT molecular complexity index is 568. The lowest BCUT2D eigenvalue weighted by molar-refractivity contribution is -0.136. The zero-order valence-corrected chi connectivity index (χ0v) is 12.7. The first-order valence-electron chi connectivity index (χ1n) is 7.51. The van der Waals surface area contributed by atoms with Crippen LogP contribution < -0.4 is 0 Å². The monoisotopic (exact) mass is 306 g/mol. The summed E-state index contributed by atoms with van der Waals surface area (Å²) >= 11 is 0. The third-order valence-corrected chi connectivity index (χ3v) is 4.76. The molecule has 0 heterocycles. The number of carboxylic acid groups (broad SMARTS) is 1. The Morgan fingerprint density at radius 3 is 2.68 bits per heavy atom. The topological polar surface area (TPSA) is 94.8 Å². The summed E-state index contributed by atoms with van der Waals surface area (Å²) in [6.45, 7) is 1.50. The Balaban J connectivity index is 2.29. The molecule has 0 aliphatic heterocycles. The van der Waals surface area contributed by atoms with E-state index in [0.717, 1.165) is 5.56 Å². The van der Waals surface area contributed by atoms with Gasteiger partial charge >= 0.3 is 5.97 Å². The maximum atomic E-state index is 12.6. The Kier molecular flexibility index (Phi) is 4.98. The number of aliphatic carboxylic acids is 1. The molecule has 1 aromatic rings. The molecule has 0 bridgehead atoms. The van der Waals surface area contributed by atoms with Gasteiger partial charge in [-0.1, -0.05) is 24.3 Å². The molecule has 1 aliphatic rings. The van der Waals surface area contributed by atoms with Crippen LogP contribution in [0.2, 0.25) is 0 Å². The van der Waals surface area contributed by atoms with Crippen molar-refractivity contribution in [1.82, 2.24) is 0 Å². The van der Waals surface area contributed by atoms with E-state index in [2.05, 4.69) is 0 Å². The third kappa shape index (κ3) is 3.20. The lowest BCUT2D eigenvalue weighted by atomic mass is 9.65. The minimum Gasteiger partial charge on any atom is -0.481 e. The van der Waals surface area contributed by atoms with Crippen LogP contribution in [0.4, 0.5) is 0 Å². The van der Waals surface area contributed by atoms with Crippen molar-refractivity contribution >= 4 is 11.8 Å². The number of hydrogen-bond donors (Lipinski definition) is 3. The molecule has 3 unspecified atom stereocenters. The van der Waals surface area contributed by atoms with Crippen LogP contribution in [-0.4, -0.2) is 39.8 Å². The summed E-state index contributed by atoms with van der Waals surface area (Å²) in [5.74, 6) is -1.15. The molecule has 0 amide bonds. The molecule has 22 heavy (non-hydrogen) atoms. The van der Waals surface area contributed by atoms with Crippen LogP contribution in [0.5, 0.6) is 0 Å². The summed E-state index contributed by atoms with van der Waals surface area (Å²) in [6.07, 6.45) is 0.402. The molecular weight excluding hydrogens is 284 g/mol. The molecule has 0 spiro atoms. The predicted octanol–water partition coefficient (Wildman–Crippen LogP) is 1.29. The predicted molar refractivity (Wildman–Crippen MR) is 80.6 cm³/mol. The number of benzene rings is 1. The van der Waals surface area contributed by atoms with Gasteiger partial charge in [0, 0.05) is 6.42 Å². The number of aliphatic hydroxyl groups is 2. The van der Waals surface area contributed by atoms with Gasteiger partial charge in [0.1, 0.15) is 5.78 Å². The molecule has 1 aliphatic carbocycles. The second kappa shape index (κ2) is 6.58. The Labute approximate surface area is 129 Å². The lowest BCUT2D eigenvalue weighted by Crippen LogP contribution is -2.42. The van der Waals surface area contributed by atoms with Gasteiger partial charge in [0.2, 0.25) is 0 Å². The summed E-state index contributed by atoms with van der Waals surface area (Å²) < 4.78 is 0. The molecule has 2 rings (SSSR count). The van der Waals surface area contributed by atoms with Crippen molar-refractivity contribution < 1.29 is 24.9 Å². The largest absolute Gasteiger partial charge is 0.481 e. The second-order valence-corrected chi connectivity index (χ2v) is 6.24. The molecule has 3 N–H and O–H groups in total. The molecule has 1 fully saturated rings. The van der Waals surface area contributed by atoms with Crippen molar-refractivity contribution in [2.75, 3.05) is 6.61 Å². The fraction of sp³-hybridized carbons (Fsp3) is 0.529. The van der Waals surface area contributed by atoms with Crippen molar-refractivity contribution in [2.45, 2.75) is 44.1 Å². The van der Waals surface area contributed by atoms with Gasteiger partial charge in [-0.25, -0.2) is 0 Å². The van der Waals surface area contributed by atoms with E-state index in [0.29, 0.717) is 18.4 Å². The zero-order valence-electron chi connectivity index (χ0n) is 12.7. The van der Waals surface area contributed by atoms with Crippen molar-refractivity contribution in [1.29, 1.82) is 0 Å². The number of carbonyl (C=O) groups is 2. The first kappa shape index (κ1) is 16.6. The van der Waals surface area contributed by atoms with E-state index in [-0.39, 0.29) is 31.1 Å². The van der Waals surface area contributed by atoms with Crippen LogP contribution in [0, 0.1) is 5.92 Å². The maximum absolute atomic E-state index is 12.6. The molecule has 0 radical (unpaired) electrons. The van der Waals surface area contributed by atoms with Crippen LogP contribution in [0.1, 0.15) is 37.3 Å². The van der Waals surface area contributed by atoms with Gasteiger partial charge in [-0.3, -0.25) is 9.59 Å². The molecule has 0 aromatic heterocycles. The highest BCUT2D eigenvalue weighted by Gasteiger charge is 2.42. The molecule has 120 valence electrons. The van der Waals surface area contributed by atoms with E-state index in [9.17, 15) is 14.7 Å². The molecule has 3 atom stereocenters. The first-order chi connectivity index (χ1) is 10.4. The normalized spacial score (nSPS) is 26.7. The fourth-order valence-electron chi connectivity index (χ4n) is 3.32. The molecule has 5 heteroatoms. The number of ketones is 1. The standard InChI is InChI=1S/C17H22O5/c1-17(7-6-12(8-15(17)20)14(19)10-18)13-5-3-2-4-11(13)9-16(21)22/h2-5,12,14,18-19H,6-10H2,1H3,(H,21,22). The Morgan fingerprint density at radius 2 is 2.09 bits per heavy atom. The van der Waals surface area contributed by atoms with E-state index in [1.165, 1.54) is 0 Å². The minimum absolute atomic E-state index is 0.00547. The zero-order chi connectivity index (χ0) is 16.3. The molecule has 0 saturated heterocycles. The van der Waals surface area contributed by atoms with Gasteiger partial charge in [0.15, 0.2) is 0 Å². The van der Waals surface area contributed by atoms with Gasteiger partial charge in [0.05, 0.1) is 24.5 Å². The van der Waals surface area contributed by atoms with Crippen molar-refractivity contribution in [3.8, 4) is 0 Å². The van der Waals surface area contributed by atoms with E-state index < -0.39 is 17.5 Å². The quantitative estimate of drug-likeness (QED) is 0.762. The van der Waals surface area contributed by atoms with Gasteiger partial charge in [-0.15, -0.1) is 0 Å². The number of carbonyl (C=O) groups excluding carboxylic acids is 1. The average Bonchev–Trinajstić information content (AvgIpc) is 2.49. The van der Waals surface area contributed by atoms with Gasteiger partial charge in [0.25, 0.3) is 0 Å². The lowest BCUT2D eigenvalue weighted by Gasteiger charge is -2.38. The van der Waals surface area contributed by atoms with Crippen molar-refractivity contribution in [2.24, 2.45) is 5.92 Å². The van der Waals surface area contributed by atoms with Crippen LogP contribution in [0.3, 0.4) is 0 Å². The number of Topliss-reactive ketones (excluding diaryl/α,β-unsaturated/α-hetero) is 1. The minimum atomic E-state index is -0.923. The summed E-state index contributed by atoms with van der Waals surface area (Å²) in [5.41, 5.74) is 0.698. The number of aliphatic hydroxyl groups excluding tert-OH is 2. The highest BCUT2D eigenvalue weighted by Crippen LogP contribution is 2.41. The summed E-state index contributed by atoms with van der Waals surface area (Å²) in [6, 6.07) is 7.15. The van der Waals surface area contributed by atoms with Crippen molar-refractivity contribution in [3.63, 3.8) is 0 Å². The average molecular weight is 306 g/mol. The Morgan fingerprint density at radius 1 is 1.41 bits per heavy atom. The maximum Gasteiger partial charge on any atom is 0.307 e.